The molecule has 0 radical (unpaired) electrons. The van der Waals surface area contributed by atoms with E-state index in [1.165, 1.54) is 20.8 Å². The second-order valence-electron chi connectivity index (χ2n) is 15.3. The first-order valence-corrected chi connectivity index (χ1v) is 19.1. The smallest absolute Gasteiger partial charge is 0.302 e. The molecule has 342 valence electrons. The summed E-state index contributed by atoms with van der Waals surface area (Å²) in [4.78, 5) is 23.7. The number of hydrogen-bond donors (Lipinski definition) is 13. The van der Waals surface area contributed by atoms with Gasteiger partial charge in [-0.2, -0.15) is 0 Å². The number of carbonyl (C=O) groups excluding carboxylic acids is 2. The zero-order valence-electron chi connectivity index (χ0n) is 32.6. The predicted octanol–water partition coefficient (Wildman–Crippen LogP) is -8.13. The van der Waals surface area contributed by atoms with Gasteiger partial charge in [0.15, 0.2) is 31.5 Å². The molecule has 0 aromatic heterocycles. The van der Waals surface area contributed by atoms with Crippen molar-refractivity contribution in [3.8, 4) is 0 Å². The van der Waals surface area contributed by atoms with E-state index in [1.807, 2.05) is 0 Å². The molecule has 25 atom stereocenters. The Morgan fingerprint density at radius 1 is 0.492 bits per heavy atom. The maximum absolute atomic E-state index is 12.1. The monoisotopic (exact) mass is 863 g/mol. The van der Waals surface area contributed by atoms with E-state index in [-0.39, 0.29) is 0 Å². The van der Waals surface area contributed by atoms with Crippen molar-refractivity contribution >= 4 is 11.9 Å². The molecule has 25 nitrogen and oxygen atoms in total. The molecule has 0 aliphatic carbocycles. The van der Waals surface area contributed by atoms with Gasteiger partial charge in [0.05, 0.1) is 24.9 Å². The van der Waals surface area contributed by atoms with E-state index >= 15 is 0 Å². The fourth-order valence-electron chi connectivity index (χ4n) is 7.39. The van der Waals surface area contributed by atoms with Crippen molar-refractivity contribution in [2.75, 3.05) is 13.2 Å². The maximum atomic E-state index is 12.1. The summed E-state index contributed by atoms with van der Waals surface area (Å²) in [6.07, 6.45) is -41.2. The third-order valence-electron chi connectivity index (χ3n) is 10.9. The number of hydrogen-bond acceptors (Lipinski definition) is 24. The van der Waals surface area contributed by atoms with Crippen LogP contribution < -0.4 is 5.32 Å². The summed E-state index contributed by atoms with van der Waals surface area (Å²) < 4.78 is 57.1. The van der Waals surface area contributed by atoms with Crippen molar-refractivity contribution in [3.63, 3.8) is 0 Å². The van der Waals surface area contributed by atoms with Crippen molar-refractivity contribution in [1.82, 2.24) is 5.32 Å². The number of ether oxygens (including phenoxy) is 10. The third-order valence-corrected chi connectivity index (χ3v) is 10.9. The third kappa shape index (κ3) is 10.5. The van der Waals surface area contributed by atoms with E-state index < -0.39 is 179 Å². The second-order valence-corrected chi connectivity index (χ2v) is 15.3. The van der Waals surface area contributed by atoms with Crippen LogP contribution in [-0.2, 0) is 57.0 Å². The van der Waals surface area contributed by atoms with Gasteiger partial charge in [-0.05, 0) is 20.8 Å². The van der Waals surface area contributed by atoms with Crippen LogP contribution in [0, 0.1) is 0 Å². The fourth-order valence-corrected chi connectivity index (χ4v) is 7.39. The van der Waals surface area contributed by atoms with Crippen LogP contribution in [0.2, 0.25) is 0 Å². The first-order chi connectivity index (χ1) is 27.7. The number of carbonyl (C=O) groups is 2. The Morgan fingerprint density at radius 3 is 1.39 bits per heavy atom. The van der Waals surface area contributed by atoms with Gasteiger partial charge in [-0.25, -0.2) is 0 Å². The van der Waals surface area contributed by atoms with Gasteiger partial charge in [-0.3, -0.25) is 9.59 Å². The fraction of sp³-hybridized carbons (Fsp3) is 0.941. The number of amides is 1. The molecule has 0 aromatic rings. The van der Waals surface area contributed by atoms with Crippen LogP contribution in [0.4, 0.5) is 0 Å². The van der Waals surface area contributed by atoms with Gasteiger partial charge < -0.3 is 114 Å². The Morgan fingerprint density at radius 2 is 0.915 bits per heavy atom. The van der Waals surface area contributed by atoms with Crippen LogP contribution in [-0.4, -0.2) is 240 Å². The molecule has 5 aliphatic rings. The molecule has 25 heteroatoms. The molecule has 5 saturated heterocycles. The van der Waals surface area contributed by atoms with E-state index in [9.17, 15) is 70.9 Å². The maximum Gasteiger partial charge on any atom is 0.302 e. The first kappa shape index (κ1) is 48.1. The lowest BCUT2D eigenvalue weighted by atomic mass is 9.95. The topological polar surface area (TPSA) is 381 Å². The highest BCUT2D eigenvalue weighted by atomic mass is 16.8. The Bertz CT molecular complexity index is 1380. The zero-order valence-corrected chi connectivity index (χ0v) is 32.6. The SMILES string of the molecule is CC(=O)N[C@@H]1[C@@H](O[C@H]2O[C@H](CO)[C@@H](O)[C@H](O)[C@H]2O[C@@H]2O[C@@H](C)[C@H](O)[C@@H](O)[C@H]2O[C@@H]2O[C@@H](C)[C@H](O)[C@@H](O)[C@H]2O[C@@H]2O[C@@H](C)[C@H](O)[C@@H](O)[C@H]2O)[C@H](O)[C@@H](COC(C)=O)O[C@@H]1O. The number of rotatable bonds is 12. The summed E-state index contributed by atoms with van der Waals surface area (Å²) in [5.41, 5.74) is 0. The van der Waals surface area contributed by atoms with Crippen molar-refractivity contribution in [2.24, 2.45) is 0 Å². The van der Waals surface area contributed by atoms with E-state index in [0.717, 1.165) is 13.8 Å². The molecule has 59 heavy (non-hydrogen) atoms. The predicted molar refractivity (Wildman–Crippen MR) is 183 cm³/mol. The minimum atomic E-state index is -2.04. The Labute approximate surface area is 336 Å². The molecule has 1 amide bonds. The Balaban J connectivity index is 1.45. The number of esters is 1. The van der Waals surface area contributed by atoms with E-state index in [2.05, 4.69) is 5.32 Å². The first-order valence-electron chi connectivity index (χ1n) is 19.1. The number of aliphatic hydroxyl groups excluding tert-OH is 12. The van der Waals surface area contributed by atoms with Crippen LogP contribution >= 0.6 is 0 Å². The van der Waals surface area contributed by atoms with Gasteiger partial charge in [-0.1, -0.05) is 0 Å². The summed E-state index contributed by atoms with van der Waals surface area (Å²) in [6, 6.07) is -1.56. The highest BCUT2D eigenvalue weighted by molar-refractivity contribution is 5.73. The second kappa shape index (κ2) is 20.1. The molecule has 0 bridgehead atoms. The molecular weight excluding hydrogens is 806 g/mol. The quantitative estimate of drug-likeness (QED) is 0.0810. The van der Waals surface area contributed by atoms with E-state index in [0.29, 0.717) is 0 Å². The van der Waals surface area contributed by atoms with Gasteiger partial charge in [0, 0.05) is 13.8 Å². The van der Waals surface area contributed by atoms with Gasteiger partial charge >= 0.3 is 5.97 Å². The van der Waals surface area contributed by atoms with Crippen molar-refractivity contribution in [3.05, 3.63) is 0 Å². The van der Waals surface area contributed by atoms with Crippen LogP contribution in [0.25, 0.3) is 0 Å². The molecule has 0 saturated carbocycles. The highest BCUT2D eigenvalue weighted by Gasteiger charge is 2.57. The Kier molecular flexibility index (Phi) is 16.4. The normalized spacial score (nSPS) is 50.8. The molecule has 13 N–H and O–H groups in total. The lowest BCUT2D eigenvalue weighted by Crippen LogP contribution is -2.69. The molecule has 0 spiro atoms. The molecule has 0 unspecified atom stereocenters. The summed E-state index contributed by atoms with van der Waals surface area (Å²) in [5, 5.41) is 132. The standard InChI is InChI=1S/C34H57NO24/c1-8-16(39)21(44)25(48)31(51-8)57-27-22(45)17(40)9(2)52-32(27)58-28-23(46)18(41)10(3)53-33(28)59-29-24(47)19(42)13(6-36)55-34(29)56-26-15(35-11(4)37)30(49)54-14(20(26)43)7-50-12(5)38/h8-10,13-34,36,39-49H,6-7H2,1-5H3,(H,35,37)/t8-,9-,10-,13+,14+,15+,16-,17-,18-,19+,20+,21+,22+,23+,24-,25+,26+,27+,28+,29+,30-,31-,32-,33-,34+/m0/s1. The van der Waals surface area contributed by atoms with Gasteiger partial charge in [0.25, 0.3) is 0 Å². The van der Waals surface area contributed by atoms with Crippen LogP contribution in [0.5, 0.6) is 0 Å². The average Bonchev–Trinajstić information content (AvgIpc) is 3.18. The number of aliphatic hydroxyl groups is 12. The lowest BCUT2D eigenvalue weighted by molar-refractivity contribution is -0.406. The van der Waals surface area contributed by atoms with Crippen LogP contribution in [0.3, 0.4) is 0 Å². The van der Waals surface area contributed by atoms with Crippen molar-refractivity contribution < 1.29 is 118 Å². The summed E-state index contributed by atoms with van der Waals surface area (Å²) in [6.45, 7) is 4.70. The van der Waals surface area contributed by atoms with Gasteiger partial charge in [0.1, 0.15) is 110 Å². The Hall–Kier alpha value is -1.90. The summed E-state index contributed by atoms with van der Waals surface area (Å²) >= 11 is 0. The average molecular weight is 864 g/mol. The minimum Gasteiger partial charge on any atom is -0.463 e. The number of nitrogens with one attached hydrogen (secondary N) is 1. The minimum absolute atomic E-state index is 0.592. The van der Waals surface area contributed by atoms with Gasteiger partial charge in [0.2, 0.25) is 5.91 Å². The van der Waals surface area contributed by atoms with E-state index in [4.69, 9.17) is 47.4 Å². The molecule has 5 heterocycles. The molecule has 5 aliphatic heterocycles. The van der Waals surface area contributed by atoms with Crippen LogP contribution in [0.15, 0.2) is 0 Å². The van der Waals surface area contributed by atoms with Crippen LogP contribution in [0.1, 0.15) is 34.6 Å². The van der Waals surface area contributed by atoms with Crippen molar-refractivity contribution in [1.29, 1.82) is 0 Å². The van der Waals surface area contributed by atoms with E-state index in [1.54, 1.807) is 0 Å². The van der Waals surface area contributed by atoms with Gasteiger partial charge in [-0.15, -0.1) is 0 Å². The highest BCUT2D eigenvalue weighted by Crippen LogP contribution is 2.36. The molecular formula is C34H57NO24. The largest absolute Gasteiger partial charge is 0.463 e. The lowest BCUT2D eigenvalue weighted by Gasteiger charge is -2.50. The summed E-state index contributed by atoms with van der Waals surface area (Å²) in [5.74, 6) is -1.48. The molecule has 5 fully saturated rings. The zero-order chi connectivity index (χ0) is 43.8. The summed E-state index contributed by atoms with van der Waals surface area (Å²) in [7, 11) is 0. The van der Waals surface area contributed by atoms with Crippen molar-refractivity contribution in [2.45, 2.75) is 188 Å². The molecule has 0 aromatic carbocycles. The molecule has 5 rings (SSSR count).